The second-order valence-corrected chi connectivity index (χ2v) is 9.32. The average Bonchev–Trinajstić information content (AvgIpc) is 3.29. The lowest BCUT2D eigenvalue weighted by Gasteiger charge is -2.11. The SMILES string of the molecule is CN(C)CCNC(=O)c1cccc(CNC(=O)Nc2ccc(-c3noc(C(C)(C)C)n3)cc2)c1. The number of hydrogen-bond acceptors (Lipinski definition) is 6. The molecule has 3 aromatic rings. The van der Waals surface area contributed by atoms with Gasteiger partial charge in [0, 0.05) is 41.9 Å². The second-order valence-electron chi connectivity index (χ2n) is 9.32. The van der Waals surface area contributed by atoms with Crippen LogP contribution in [0.3, 0.4) is 0 Å². The van der Waals surface area contributed by atoms with Gasteiger partial charge in [0.2, 0.25) is 11.7 Å². The maximum Gasteiger partial charge on any atom is 0.319 e. The third kappa shape index (κ3) is 7.14. The van der Waals surface area contributed by atoms with Gasteiger partial charge in [0.15, 0.2) is 0 Å². The van der Waals surface area contributed by atoms with Crippen molar-refractivity contribution in [1.82, 2.24) is 25.7 Å². The smallest absolute Gasteiger partial charge is 0.319 e. The van der Waals surface area contributed by atoms with Gasteiger partial charge in [-0.25, -0.2) is 4.79 Å². The van der Waals surface area contributed by atoms with Gasteiger partial charge in [-0.3, -0.25) is 4.79 Å². The summed E-state index contributed by atoms with van der Waals surface area (Å²) in [5.74, 6) is 0.940. The van der Waals surface area contributed by atoms with Crippen molar-refractivity contribution in [3.63, 3.8) is 0 Å². The molecule has 3 N–H and O–H groups in total. The summed E-state index contributed by atoms with van der Waals surface area (Å²) in [6.45, 7) is 7.65. The number of amides is 3. The van der Waals surface area contributed by atoms with E-state index in [-0.39, 0.29) is 17.4 Å². The maximum absolute atomic E-state index is 12.3. The zero-order valence-corrected chi connectivity index (χ0v) is 20.3. The van der Waals surface area contributed by atoms with E-state index in [1.165, 1.54) is 0 Å². The Morgan fingerprint density at radius 2 is 1.76 bits per heavy atom. The summed E-state index contributed by atoms with van der Waals surface area (Å²) in [7, 11) is 3.91. The van der Waals surface area contributed by atoms with Gasteiger partial charge in [0.1, 0.15) is 0 Å². The van der Waals surface area contributed by atoms with Crippen molar-refractivity contribution >= 4 is 17.6 Å². The summed E-state index contributed by atoms with van der Waals surface area (Å²) in [6.07, 6.45) is 0. The van der Waals surface area contributed by atoms with Gasteiger partial charge in [-0.15, -0.1) is 0 Å². The van der Waals surface area contributed by atoms with Crippen LogP contribution < -0.4 is 16.0 Å². The Balaban J connectivity index is 1.51. The Morgan fingerprint density at radius 1 is 1.03 bits per heavy atom. The summed E-state index contributed by atoms with van der Waals surface area (Å²) >= 11 is 0. The molecule has 180 valence electrons. The minimum absolute atomic E-state index is 0.135. The monoisotopic (exact) mass is 464 g/mol. The molecule has 0 radical (unpaired) electrons. The van der Waals surface area contributed by atoms with Crippen molar-refractivity contribution in [2.45, 2.75) is 32.7 Å². The summed E-state index contributed by atoms with van der Waals surface area (Å²) in [5.41, 5.74) is 2.60. The Bertz CT molecular complexity index is 1120. The van der Waals surface area contributed by atoms with Crippen LogP contribution in [0.5, 0.6) is 0 Å². The highest BCUT2D eigenvalue weighted by atomic mass is 16.5. The van der Waals surface area contributed by atoms with Crippen molar-refractivity contribution < 1.29 is 14.1 Å². The molecular weight excluding hydrogens is 432 g/mol. The maximum atomic E-state index is 12.3. The Hall–Kier alpha value is -3.72. The van der Waals surface area contributed by atoms with E-state index in [4.69, 9.17) is 4.52 Å². The lowest BCUT2D eigenvalue weighted by molar-refractivity contribution is 0.0951. The van der Waals surface area contributed by atoms with Crippen molar-refractivity contribution in [3.8, 4) is 11.4 Å². The van der Waals surface area contributed by atoms with Gasteiger partial charge in [-0.05, 0) is 56.1 Å². The molecule has 9 heteroatoms. The molecule has 1 aromatic heterocycles. The number of likely N-dealkylation sites (N-methyl/N-ethyl adjacent to an activating group) is 1. The molecule has 0 atom stereocenters. The van der Waals surface area contributed by atoms with Crippen LogP contribution in [0, 0.1) is 0 Å². The molecule has 34 heavy (non-hydrogen) atoms. The molecule has 0 bridgehead atoms. The van der Waals surface area contributed by atoms with E-state index in [0.717, 1.165) is 17.7 Å². The largest absolute Gasteiger partial charge is 0.351 e. The van der Waals surface area contributed by atoms with Crippen LogP contribution in [0.25, 0.3) is 11.4 Å². The lowest BCUT2D eigenvalue weighted by Crippen LogP contribution is -2.31. The topological polar surface area (TPSA) is 112 Å². The fraction of sp³-hybridized carbons (Fsp3) is 0.360. The van der Waals surface area contributed by atoms with Crippen LogP contribution in [0.2, 0.25) is 0 Å². The summed E-state index contributed by atoms with van der Waals surface area (Å²) < 4.78 is 5.34. The number of rotatable bonds is 8. The van der Waals surface area contributed by atoms with Gasteiger partial charge < -0.3 is 25.4 Å². The highest BCUT2D eigenvalue weighted by Gasteiger charge is 2.22. The molecule has 0 saturated carbocycles. The molecule has 0 unspecified atom stereocenters. The van der Waals surface area contributed by atoms with Gasteiger partial charge >= 0.3 is 6.03 Å². The van der Waals surface area contributed by atoms with Gasteiger partial charge in [-0.1, -0.05) is 38.1 Å². The first-order valence-electron chi connectivity index (χ1n) is 11.1. The van der Waals surface area contributed by atoms with Crippen LogP contribution in [0.15, 0.2) is 53.1 Å². The van der Waals surface area contributed by atoms with Crippen molar-refractivity contribution in [1.29, 1.82) is 0 Å². The first-order valence-corrected chi connectivity index (χ1v) is 11.1. The molecule has 0 aliphatic rings. The molecule has 1 heterocycles. The lowest BCUT2D eigenvalue weighted by atomic mass is 9.97. The molecule has 0 fully saturated rings. The van der Waals surface area contributed by atoms with Gasteiger partial charge in [0.25, 0.3) is 5.91 Å². The van der Waals surface area contributed by atoms with Crippen molar-refractivity contribution in [3.05, 3.63) is 65.5 Å². The fourth-order valence-electron chi connectivity index (χ4n) is 3.02. The summed E-state index contributed by atoms with van der Waals surface area (Å²) in [6, 6.07) is 14.1. The normalized spacial score (nSPS) is 11.4. The Kier molecular flexibility index (Phi) is 8.01. The molecule has 3 rings (SSSR count). The first-order chi connectivity index (χ1) is 16.1. The summed E-state index contributed by atoms with van der Waals surface area (Å²) in [5, 5.41) is 12.5. The van der Waals surface area contributed by atoms with E-state index in [9.17, 15) is 9.59 Å². The number of hydrogen-bond donors (Lipinski definition) is 3. The first kappa shape index (κ1) is 24.9. The minimum atomic E-state index is -0.344. The molecule has 0 spiro atoms. The number of urea groups is 1. The second kappa shape index (κ2) is 10.9. The van der Waals surface area contributed by atoms with E-state index in [1.54, 1.807) is 30.3 Å². The molecular formula is C25H32N6O3. The van der Waals surface area contributed by atoms with E-state index in [1.807, 2.05) is 58.0 Å². The number of aromatic nitrogens is 2. The Labute approximate surface area is 199 Å². The number of anilines is 1. The molecule has 0 aliphatic carbocycles. The summed E-state index contributed by atoms with van der Waals surface area (Å²) in [4.78, 5) is 31.1. The highest BCUT2D eigenvalue weighted by Crippen LogP contribution is 2.24. The highest BCUT2D eigenvalue weighted by molar-refractivity contribution is 5.94. The van der Waals surface area contributed by atoms with E-state index in [2.05, 4.69) is 26.1 Å². The number of benzene rings is 2. The minimum Gasteiger partial charge on any atom is -0.351 e. The van der Waals surface area contributed by atoms with Gasteiger partial charge in [0.05, 0.1) is 0 Å². The van der Waals surface area contributed by atoms with E-state index in [0.29, 0.717) is 36.1 Å². The van der Waals surface area contributed by atoms with Gasteiger partial charge in [-0.2, -0.15) is 4.98 Å². The van der Waals surface area contributed by atoms with E-state index < -0.39 is 0 Å². The number of carbonyl (C=O) groups excluding carboxylic acids is 2. The van der Waals surface area contributed by atoms with Crippen LogP contribution >= 0.6 is 0 Å². The number of carbonyl (C=O) groups is 2. The van der Waals surface area contributed by atoms with Crippen LogP contribution in [-0.2, 0) is 12.0 Å². The van der Waals surface area contributed by atoms with E-state index >= 15 is 0 Å². The standard InChI is InChI=1S/C25H32N6O3/c1-25(2,3)23-29-21(30-34-23)18-9-11-20(12-10-18)28-24(33)27-16-17-7-6-8-19(15-17)22(32)26-13-14-31(4)5/h6-12,15H,13-14,16H2,1-5H3,(H,26,32)(H2,27,28,33). The number of nitrogens with one attached hydrogen (secondary N) is 3. The predicted molar refractivity (Wildman–Crippen MR) is 132 cm³/mol. The van der Waals surface area contributed by atoms with Crippen LogP contribution in [-0.4, -0.2) is 54.2 Å². The molecule has 2 aromatic carbocycles. The Morgan fingerprint density at radius 3 is 2.41 bits per heavy atom. The van der Waals surface area contributed by atoms with Crippen LogP contribution in [0.4, 0.5) is 10.5 Å². The fourth-order valence-corrected chi connectivity index (χ4v) is 3.02. The third-order valence-corrected chi connectivity index (χ3v) is 4.96. The van der Waals surface area contributed by atoms with Crippen molar-refractivity contribution in [2.75, 3.05) is 32.5 Å². The quantitative estimate of drug-likeness (QED) is 0.469. The predicted octanol–water partition coefficient (Wildman–Crippen LogP) is 3.65. The number of nitrogens with zero attached hydrogens (tertiary/aromatic N) is 3. The zero-order chi connectivity index (χ0) is 24.7. The molecule has 9 nitrogen and oxygen atoms in total. The molecule has 0 aliphatic heterocycles. The van der Waals surface area contributed by atoms with Crippen molar-refractivity contribution in [2.24, 2.45) is 0 Å². The average molecular weight is 465 g/mol. The zero-order valence-electron chi connectivity index (χ0n) is 20.3. The molecule has 0 saturated heterocycles. The van der Waals surface area contributed by atoms with Crippen LogP contribution in [0.1, 0.15) is 42.6 Å². The third-order valence-electron chi connectivity index (χ3n) is 4.96. The molecule has 3 amide bonds.